The van der Waals surface area contributed by atoms with Gasteiger partial charge in [-0.15, -0.1) is 0 Å². The van der Waals surface area contributed by atoms with E-state index in [9.17, 15) is 0 Å². The summed E-state index contributed by atoms with van der Waals surface area (Å²) in [5.41, 5.74) is 21.1. The number of rotatable bonds is 9. The van der Waals surface area contributed by atoms with Gasteiger partial charge in [0.1, 0.15) is 0 Å². The zero-order chi connectivity index (χ0) is 44.9. The molecule has 0 saturated carbocycles. The third-order valence-corrected chi connectivity index (χ3v) is 13.8. The lowest BCUT2D eigenvalue weighted by molar-refractivity contribution is 0.745. The van der Waals surface area contributed by atoms with Crippen molar-refractivity contribution in [2.45, 2.75) is 19.3 Å². The lowest BCUT2D eigenvalue weighted by Gasteiger charge is -2.44. The van der Waals surface area contributed by atoms with Gasteiger partial charge in [-0.3, -0.25) is 0 Å². The van der Waals surface area contributed by atoms with Crippen LogP contribution in [-0.2, 0) is 5.41 Å². The Morgan fingerprint density at radius 2 is 0.776 bits per heavy atom. The van der Waals surface area contributed by atoms with Crippen molar-refractivity contribution in [3.05, 3.63) is 288 Å². The summed E-state index contributed by atoms with van der Waals surface area (Å²) in [5, 5.41) is 0. The Morgan fingerprint density at radius 3 is 1.34 bits per heavy atom. The third kappa shape index (κ3) is 6.67. The standard InChI is InChI=1S/C63H48BN3/c1-45-35-40-57-59(41-45)67(55-32-20-31-54(44-55)65(51-27-14-6-15-28-51)52-29-16-7-17-30-52)61-43-46(2)42-60-62(61)64(57)56-33-18-19-34-58(56)66(60)53-38-36-50(37-39-53)63(47-21-8-3-9-22-47,48-23-10-4-11-24-48)49-25-12-5-13-26-49/h3-44H,1-2H3. The van der Waals surface area contributed by atoms with Crippen molar-refractivity contribution in [1.82, 2.24) is 0 Å². The van der Waals surface area contributed by atoms with Crippen LogP contribution in [0.4, 0.5) is 51.2 Å². The number of aryl methyl sites for hydroxylation is 2. The molecule has 2 aliphatic heterocycles. The molecule has 0 atom stereocenters. The second-order valence-electron chi connectivity index (χ2n) is 17.9. The number of hydrogen-bond donors (Lipinski definition) is 0. The van der Waals surface area contributed by atoms with Crippen LogP contribution < -0.4 is 31.1 Å². The Morgan fingerprint density at radius 1 is 0.328 bits per heavy atom. The summed E-state index contributed by atoms with van der Waals surface area (Å²) in [6, 6.07) is 93.6. The van der Waals surface area contributed by atoms with Crippen molar-refractivity contribution >= 4 is 74.3 Å². The predicted molar refractivity (Wildman–Crippen MR) is 283 cm³/mol. The van der Waals surface area contributed by atoms with E-state index in [1.54, 1.807) is 0 Å². The van der Waals surface area contributed by atoms with Crippen LogP contribution in [0.15, 0.2) is 255 Å². The molecule has 2 heterocycles. The van der Waals surface area contributed by atoms with Crippen LogP contribution in [-0.4, -0.2) is 6.71 Å². The molecule has 0 radical (unpaired) electrons. The second kappa shape index (κ2) is 16.6. The van der Waals surface area contributed by atoms with Gasteiger partial charge in [0.05, 0.1) is 5.41 Å². The lowest BCUT2D eigenvalue weighted by Crippen LogP contribution is -2.61. The van der Waals surface area contributed by atoms with Gasteiger partial charge >= 0.3 is 0 Å². The van der Waals surface area contributed by atoms with Crippen molar-refractivity contribution in [1.29, 1.82) is 0 Å². The molecule has 0 amide bonds. The van der Waals surface area contributed by atoms with Crippen LogP contribution in [0.25, 0.3) is 0 Å². The lowest BCUT2D eigenvalue weighted by atomic mass is 9.33. The number of para-hydroxylation sites is 3. The van der Waals surface area contributed by atoms with E-state index in [-0.39, 0.29) is 6.71 Å². The maximum absolute atomic E-state index is 2.52. The van der Waals surface area contributed by atoms with Gasteiger partial charge in [-0.05, 0) is 142 Å². The largest absolute Gasteiger partial charge is 0.311 e. The summed E-state index contributed by atoms with van der Waals surface area (Å²) in [6.45, 7) is 4.49. The van der Waals surface area contributed by atoms with Gasteiger partial charge in [0.2, 0.25) is 0 Å². The smallest absolute Gasteiger partial charge is 0.252 e. The molecule has 10 aromatic carbocycles. The Hall–Kier alpha value is -8.34. The molecule has 4 heteroatoms. The molecule has 0 unspecified atom stereocenters. The molecular weight excluding hydrogens is 810 g/mol. The fourth-order valence-electron chi connectivity index (χ4n) is 11.0. The van der Waals surface area contributed by atoms with Gasteiger partial charge < -0.3 is 14.7 Å². The van der Waals surface area contributed by atoms with Gasteiger partial charge in [0.25, 0.3) is 6.71 Å². The summed E-state index contributed by atoms with van der Waals surface area (Å²) < 4.78 is 0. The first-order valence-electron chi connectivity index (χ1n) is 23.3. The fraction of sp³-hybridized carbons (Fsp3) is 0.0476. The van der Waals surface area contributed by atoms with Gasteiger partial charge in [-0.1, -0.05) is 176 Å². The minimum absolute atomic E-state index is 0.0411. The van der Waals surface area contributed by atoms with Crippen molar-refractivity contribution in [3.63, 3.8) is 0 Å². The molecule has 10 aromatic rings. The molecule has 12 rings (SSSR count). The molecule has 0 bridgehead atoms. The molecule has 0 aromatic heterocycles. The zero-order valence-corrected chi connectivity index (χ0v) is 37.7. The van der Waals surface area contributed by atoms with Crippen LogP contribution >= 0.6 is 0 Å². The van der Waals surface area contributed by atoms with Crippen LogP contribution in [0.3, 0.4) is 0 Å². The van der Waals surface area contributed by atoms with E-state index in [0.717, 1.165) is 28.4 Å². The summed E-state index contributed by atoms with van der Waals surface area (Å²) in [5.74, 6) is 0. The number of fused-ring (bicyclic) bond motifs is 4. The SMILES string of the molecule is Cc1ccc2c(c1)N(c1cccc(N(c3ccccc3)c3ccccc3)c1)c1cc(C)cc3c1B2c1ccccc1N3c1ccc(C(c2ccccc2)(c2ccccc2)c2ccccc2)cc1. The van der Waals surface area contributed by atoms with Crippen molar-refractivity contribution < 1.29 is 0 Å². The fourth-order valence-corrected chi connectivity index (χ4v) is 11.0. The van der Waals surface area contributed by atoms with Crippen molar-refractivity contribution in [2.75, 3.05) is 14.7 Å². The number of anilines is 9. The average molecular weight is 858 g/mol. The number of nitrogens with zero attached hydrogens (tertiary/aromatic N) is 3. The Labute approximate surface area is 394 Å². The second-order valence-corrected chi connectivity index (χ2v) is 17.9. The highest BCUT2D eigenvalue weighted by atomic mass is 15.2. The van der Waals surface area contributed by atoms with E-state index < -0.39 is 5.41 Å². The van der Waals surface area contributed by atoms with Gasteiger partial charge in [-0.2, -0.15) is 0 Å². The molecule has 318 valence electrons. The highest BCUT2D eigenvalue weighted by Gasteiger charge is 2.44. The Bertz CT molecular complexity index is 3240. The molecule has 3 nitrogen and oxygen atoms in total. The average Bonchev–Trinajstić information content (AvgIpc) is 3.38. The van der Waals surface area contributed by atoms with E-state index in [4.69, 9.17) is 0 Å². The van der Waals surface area contributed by atoms with Gasteiger partial charge in [-0.25, -0.2) is 0 Å². The Kier molecular flexibility index (Phi) is 9.95. The van der Waals surface area contributed by atoms with Crippen molar-refractivity contribution in [3.8, 4) is 0 Å². The molecule has 0 saturated heterocycles. The minimum atomic E-state index is -0.539. The van der Waals surface area contributed by atoms with Crippen LogP contribution in [0.1, 0.15) is 33.4 Å². The topological polar surface area (TPSA) is 9.72 Å². The van der Waals surface area contributed by atoms with Crippen LogP contribution in [0.5, 0.6) is 0 Å². The van der Waals surface area contributed by atoms with Crippen LogP contribution in [0, 0.1) is 13.8 Å². The molecule has 0 aliphatic carbocycles. The summed E-state index contributed by atoms with van der Waals surface area (Å²) >= 11 is 0. The highest BCUT2D eigenvalue weighted by Crippen LogP contribution is 2.49. The first-order chi connectivity index (χ1) is 33.1. The quantitative estimate of drug-likeness (QED) is 0.106. The summed E-state index contributed by atoms with van der Waals surface area (Å²) in [4.78, 5) is 7.38. The maximum Gasteiger partial charge on any atom is 0.252 e. The first-order valence-corrected chi connectivity index (χ1v) is 23.3. The predicted octanol–water partition coefficient (Wildman–Crippen LogP) is 14.2. The third-order valence-electron chi connectivity index (χ3n) is 13.8. The van der Waals surface area contributed by atoms with Gasteiger partial charge in [0.15, 0.2) is 0 Å². The van der Waals surface area contributed by atoms with Crippen LogP contribution in [0.2, 0.25) is 0 Å². The van der Waals surface area contributed by atoms with E-state index in [0.29, 0.717) is 0 Å². The summed E-state index contributed by atoms with van der Waals surface area (Å²) in [7, 11) is 0. The van der Waals surface area contributed by atoms with E-state index in [1.807, 2.05) is 0 Å². The normalized spacial score (nSPS) is 12.5. The molecule has 0 fully saturated rings. The molecular formula is C63H48BN3. The minimum Gasteiger partial charge on any atom is -0.311 e. The first kappa shape index (κ1) is 40.2. The summed E-state index contributed by atoms with van der Waals surface area (Å²) in [6.07, 6.45) is 0. The van der Waals surface area contributed by atoms with Crippen molar-refractivity contribution in [2.24, 2.45) is 0 Å². The number of benzene rings is 10. The zero-order valence-electron chi connectivity index (χ0n) is 37.7. The highest BCUT2D eigenvalue weighted by molar-refractivity contribution is 7.00. The van der Waals surface area contributed by atoms with E-state index in [1.165, 1.54) is 72.5 Å². The van der Waals surface area contributed by atoms with Gasteiger partial charge in [0, 0.05) is 51.2 Å². The number of hydrogen-bond acceptors (Lipinski definition) is 3. The van der Waals surface area contributed by atoms with E-state index in [2.05, 4.69) is 283 Å². The molecule has 0 spiro atoms. The molecule has 0 N–H and O–H groups in total. The monoisotopic (exact) mass is 857 g/mol. The Balaban J connectivity index is 1.05. The molecule has 2 aliphatic rings. The molecule has 67 heavy (non-hydrogen) atoms. The maximum atomic E-state index is 2.52. The van der Waals surface area contributed by atoms with E-state index >= 15 is 0 Å².